The molecule has 0 aliphatic carbocycles. The Bertz CT molecular complexity index is 1690. The molecule has 0 unspecified atom stereocenters. The highest BCUT2D eigenvalue weighted by molar-refractivity contribution is 6.00. The SMILES string of the molecule is COC(=O)CNC(=O)CNC(=O)Cn1nc(C2CCN(C(C)=O)CC2)c2c(-c3cc(F)c4cnn(C)c4c3)cccc21. The molecular weight excluding hydrogens is 545 g/mol. The number of rotatable bonds is 8. The van der Waals surface area contributed by atoms with Crippen LogP contribution >= 0.6 is 0 Å². The lowest BCUT2D eigenvalue weighted by Gasteiger charge is -2.30. The summed E-state index contributed by atoms with van der Waals surface area (Å²) in [6.07, 6.45) is 2.89. The number of carbonyl (C=O) groups excluding carboxylic acids is 4. The zero-order valence-electron chi connectivity index (χ0n) is 23.6. The molecule has 3 heterocycles. The van der Waals surface area contributed by atoms with Crippen LogP contribution in [0.25, 0.3) is 32.9 Å². The molecule has 0 atom stereocenters. The van der Waals surface area contributed by atoms with Gasteiger partial charge in [0.1, 0.15) is 18.9 Å². The smallest absolute Gasteiger partial charge is 0.325 e. The van der Waals surface area contributed by atoms with E-state index < -0.39 is 17.8 Å². The fourth-order valence-corrected chi connectivity index (χ4v) is 5.41. The van der Waals surface area contributed by atoms with Crippen LogP contribution in [-0.4, -0.2) is 81.4 Å². The molecule has 0 spiro atoms. The largest absolute Gasteiger partial charge is 0.468 e. The molecule has 0 radical (unpaired) electrons. The monoisotopic (exact) mass is 577 g/mol. The molecule has 4 aromatic rings. The van der Waals surface area contributed by atoms with Crippen molar-refractivity contribution in [2.75, 3.05) is 33.3 Å². The molecule has 2 aromatic heterocycles. The van der Waals surface area contributed by atoms with Crippen molar-refractivity contribution in [3.63, 3.8) is 0 Å². The molecule has 2 aromatic carbocycles. The minimum Gasteiger partial charge on any atom is -0.468 e. The molecule has 13 heteroatoms. The van der Waals surface area contributed by atoms with Crippen molar-refractivity contribution in [2.45, 2.75) is 32.2 Å². The molecule has 12 nitrogen and oxygen atoms in total. The van der Waals surface area contributed by atoms with Gasteiger partial charge < -0.3 is 20.3 Å². The first-order valence-corrected chi connectivity index (χ1v) is 13.6. The van der Waals surface area contributed by atoms with Crippen molar-refractivity contribution in [3.05, 3.63) is 48.0 Å². The summed E-state index contributed by atoms with van der Waals surface area (Å²) in [5.74, 6) is -1.93. The fraction of sp³-hybridized carbons (Fsp3) is 0.379. The van der Waals surface area contributed by atoms with E-state index in [1.165, 1.54) is 19.4 Å². The number of halogens is 1. The van der Waals surface area contributed by atoms with Crippen LogP contribution in [0.3, 0.4) is 0 Å². The maximum atomic E-state index is 15.1. The fourth-order valence-electron chi connectivity index (χ4n) is 5.41. The maximum Gasteiger partial charge on any atom is 0.325 e. The van der Waals surface area contributed by atoms with Gasteiger partial charge in [0.15, 0.2) is 0 Å². The van der Waals surface area contributed by atoms with Crippen molar-refractivity contribution in [1.29, 1.82) is 0 Å². The number of esters is 1. The van der Waals surface area contributed by atoms with Crippen molar-refractivity contribution in [1.82, 2.24) is 35.1 Å². The average molecular weight is 578 g/mol. The third-order valence-corrected chi connectivity index (χ3v) is 7.66. The van der Waals surface area contributed by atoms with Gasteiger partial charge in [-0.3, -0.25) is 28.5 Å². The number of ether oxygens (including phenoxy) is 1. The van der Waals surface area contributed by atoms with E-state index in [1.54, 1.807) is 28.2 Å². The van der Waals surface area contributed by atoms with E-state index in [4.69, 9.17) is 5.10 Å². The Morgan fingerprint density at radius 1 is 1.05 bits per heavy atom. The standard InChI is InChI=1S/C29H32FN7O5/c1-17(38)36-9-7-18(8-10-36)29-28-20(19-11-22(30)21-13-33-35(2)24(21)12-19)5-4-6-23(28)37(34-29)16-26(40)31-14-25(39)32-15-27(41)42-3/h4-6,11-13,18H,7-10,14-16H2,1-3H3,(H,31,40)(H,32,39). The average Bonchev–Trinajstić information content (AvgIpc) is 3.55. The Morgan fingerprint density at radius 2 is 1.79 bits per heavy atom. The highest BCUT2D eigenvalue weighted by Crippen LogP contribution is 2.39. The van der Waals surface area contributed by atoms with Crippen LogP contribution in [0.2, 0.25) is 0 Å². The van der Waals surface area contributed by atoms with E-state index in [1.807, 2.05) is 24.3 Å². The summed E-state index contributed by atoms with van der Waals surface area (Å²) in [5, 5.41) is 15.2. The Morgan fingerprint density at radius 3 is 2.50 bits per heavy atom. The number of fused-ring (bicyclic) bond motifs is 2. The second-order valence-electron chi connectivity index (χ2n) is 10.3. The number of piperidine rings is 1. The van der Waals surface area contributed by atoms with Gasteiger partial charge >= 0.3 is 5.97 Å². The topological polar surface area (TPSA) is 140 Å². The van der Waals surface area contributed by atoms with Crippen LogP contribution in [0.1, 0.15) is 31.4 Å². The molecule has 1 aliphatic heterocycles. The lowest BCUT2D eigenvalue weighted by molar-refractivity contribution is -0.141. The highest BCUT2D eigenvalue weighted by atomic mass is 19.1. The van der Waals surface area contributed by atoms with E-state index >= 15 is 4.39 Å². The molecule has 3 amide bonds. The number of nitrogens with one attached hydrogen (secondary N) is 2. The van der Waals surface area contributed by atoms with Gasteiger partial charge in [0.05, 0.1) is 42.0 Å². The Kier molecular flexibility index (Phi) is 8.18. The van der Waals surface area contributed by atoms with Crippen LogP contribution in [0.5, 0.6) is 0 Å². The highest BCUT2D eigenvalue weighted by Gasteiger charge is 2.28. The number of hydrogen-bond donors (Lipinski definition) is 2. The first-order chi connectivity index (χ1) is 20.2. The van der Waals surface area contributed by atoms with Gasteiger partial charge in [-0.25, -0.2) is 4.39 Å². The van der Waals surface area contributed by atoms with Crippen molar-refractivity contribution in [3.8, 4) is 11.1 Å². The molecule has 1 saturated heterocycles. The number of carbonyl (C=O) groups is 4. The summed E-state index contributed by atoms with van der Waals surface area (Å²) in [5.41, 5.74) is 3.54. The quantitative estimate of drug-likeness (QED) is 0.305. The number of amides is 3. The van der Waals surface area contributed by atoms with E-state index in [2.05, 4.69) is 20.5 Å². The Hall–Kier alpha value is -4.81. The van der Waals surface area contributed by atoms with Gasteiger partial charge in [0.25, 0.3) is 0 Å². The van der Waals surface area contributed by atoms with Crippen LogP contribution in [0.4, 0.5) is 4.39 Å². The van der Waals surface area contributed by atoms with Gasteiger partial charge in [-0.15, -0.1) is 0 Å². The maximum absolute atomic E-state index is 15.1. The second-order valence-corrected chi connectivity index (χ2v) is 10.3. The molecule has 0 bridgehead atoms. The minimum atomic E-state index is -0.599. The normalized spacial score (nSPS) is 13.9. The number of nitrogens with zero attached hydrogens (tertiary/aromatic N) is 5. The molecular formula is C29H32FN7O5. The van der Waals surface area contributed by atoms with Crippen molar-refractivity contribution in [2.24, 2.45) is 7.05 Å². The Labute approximate surface area is 240 Å². The predicted molar refractivity (Wildman–Crippen MR) is 152 cm³/mol. The van der Waals surface area contributed by atoms with Crippen LogP contribution in [0, 0.1) is 5.82 Å². The summed E-state index contributed by atoms with van der Waals surface area (Å²) in [7, 11) is 2.97. The molecule has 42 heavy (non-hydrogen) atoms. The third-order valence-electron chi connectivity index (χ3n) is 7.66. The van der Waals surface area contributed by atoms with Gasteiger partial charge in [0, 0.05) is 38.4 Å². The number of aromatic nitrogens is 4. The summed E-state index contributed by atoms with van der Waals surface area (Å²) in [6, 6.07) is 8.97. The first kappa shape index (κ1) is 28.7. The van der Waals surface area contributed by atoms with Crippen LogP contribution < -0.4 is 10.6 Å². The first-order valence-electron chi connectivity index (χ1n) is 13.6. The van der Waals surface area contributed by atoms with Crippen molar-refractivity contribution >= 4 is 45.5 Å². The summed E-state index contributed by atoms with van der Waals surface area (Å²) < 4.78 is 22.8. The summed E-state index contributed by atoms with van der Waals surface area (Å²) >= 11 is 0. The van der Waals surface area contributed by atoms with Gasteiger partial charge in [-0.05, 0) is 42.2 Å². The zero-order valence-corrected chi connectivity index (χ0v) is 23.6. The molecule has 1 fully saturated rings. The number of aryl methyl sites for hydroxylation is 1. The van der Waals surface area contributed by atoms with Gasteiger partial charge in [-0.2, -0.15) is 10.2 Å². The zero-order chi connectivity index (χ0) is 30.0. The molecule has 1 aliphatic rings. The van der Waals surface area contributed by atoms with E-state index in [0.29, 0.717) is 47.9 Å². The molecule has 0 saturated carbocycles. The van der Waals surface area contributed by atoms with Crippen LogP contribution in [0.15, 0.2) is 36.5 Å². The lowest BCUT2D eigenvalue weighted by atomic mass is 9.89. The minimum absolute atomic E-state index is 0.0166. The van der Waals surface area contributed by atoms with E-state index in [9.17, 15) is 19.2 Å². The summed E-state index contributed by atoms with van der Waals surface area (Å²) in [4.78, 5) is 49.9. The molecule has 2 N–H and O–H groups in total. The Balaban J connectivity index is 1.48. The number of hydrogen-bond acceptors (Lipinski definition) is 7. The van der Waals surface area contributed by atoms with Gasteiger partial charge in [-0.1, -0.05) is 12.1 Å². The van der Waals surface area contributed by atoms with Gasteiger partial charge in [0.2, 0.25) is 17.7 Å². The molecule has 5 rings (SSSR count). The lowest BCUT2D eigenvalue weighted by Crippen LogP contribution is -2.40. The van der Waals surface area contributed by atoms with Crippen LogP contribution in [-0.2, 0) is 37.5 Å². The number of methoxy groups -OCH3 is 1. The third kappa shape index (κ3) is 5.80. The number of benzene rings is 2. The van der Waals surface area contributed by atoms with E-state index in [-0.39, 0.29) is 37.3 Å². The van der Waals surface area contributed by atoms with Crippen molar-refractivity contribution < 1.29 is 28.3 Å². The number of likely N-dealkylation sites (tertiary alicyclic amines) is 1. The van der Waals surface area contributed by atoms with E-state index in [0.717, 1.165) is 16.6 Å². The predicted octanol–water partition coefficient (Wildman–Crippen LogP) is 1.86. The molecule has 220 valence electrons. The summed E-state index contributed by atoms with van der Waals surface area (Å²) in [6.45, 7) is 1.96. The second kappa shape index (κ2) is 12.0.